The Morgan fingerprint density at radius 3 is 2.75 bits per heavy atom. The molecule has 2 nitrogen and oxygen atoms in total. The predicted octanol–water partition coefficient (Wildman–Crippen LogP) is 5.81. The maximum atomic E-state index is 6.20. The van der Waals surface area contributed by atoms with Crippen molar-refractivity contribution in [2.45, 2.75) is 40.2 Å². The van der Waals surface area contributed by atoms with Gasteiger partial charge < -0.3 is 4.74 Å². The van der Waals surface area contributed by atoms with Crippen molar-refractivity contribution in [3.05, 3.63) is 58.1 Å². The van der Waals surface area contributed by atoms with Crippen LogP contribution >= 0.6 is 11.3 Å². The van der Waals surface area contributed by atoms with Gasteiger partial charge >= 0.3 is 0 Å². The van der Waals surface area contributed by atoms with Crippen LogP contribution < -0.4 is 0 Å². The van der Waals surface area contributed by atoms with E-state index in [9.17, 15) is 0 Å². The Bertz CT molecular complexity index is 848. The Hall–Kier alpha value is -1.87. The molecule has 0 bridgehead atoms. The summed E-state index contributed by atoms with van der Waals surface area (Å²) in [5.41, 5.74) is 5.05. The second-order valence-electron chi connectivity index (χ2n) is 6.92. The molecule has 0 saturated carbocycles. The van der Waals surface area contributed by atoms with E-state index in [4.69, 9.17) is 9.72 Å². The van der Waals surface area contributed by atoms with Crippen LogP contribution in [0.25, 0.3) is 16.0 Å². The summed E-state index contributed by atoms with van der Waals surface area (Å²) in [6.45, 7) is 8.80. The zero-order chi connectivity index (χ0) is 16.8. The van der Waals surface area contributed by atoms with Crippen molar-refractivity contribution in [2.75, 3.05) is 0 Å². The normalized spacial score (nSPS) is 23.7. The molecule has 0 amide bonds. The van der Waals surface area contributed by atoms with Crippen molar-refractivity contribution in [2.24, 2.45) is 11.8 Å². The van der Waals surface area contributed by atoms with Gasteiger partial charge in [0.1, 0.15) is 6.10 Å². The highest BCUT2D eigenvalue weighted by atomic mass is 32.1. The third-order valence-corrected chi connectivity index (χ3v) is 6.39. The molecule has 124 valence electrons. The van der Waals surface area contributed by atoms with Gasteiger partial charge in [-0.15, -0.1) is 11.3 Å². The number of hydrogen-bond acceptors (Lipinski definition) is 3. The van der Waals surface area contributed by atoms with Gasteiger partial charge in [-0.05, 0) is 55.0 Å². The van der Waals surface area contributed by atoms with Crippen LogP contribution in [0.15, 0.2) is 42.0 Å². The zero-order valence-corrected chi connectivity index (χ0v) is 15.5. The predicted molar refractivity (Wildman–Crippen MR) is 102 cm³/mol. The van der Waals surface area contributed by atoms with Gasteiger partial charge in [-0.25, -0.2) is 4.98 Å². The van der Waals surface area contributed by atoms with E-state index in [1.807, 2.05) is 0 Å². The molecule has 1 aromatic carbocycles. The molecule has 1 aromatic heterocycles. The van der Waals surface area contributed by atoms with Gasteiger partial charge in [-0.2, -0.15) is 0 Å². The summed E-state index contributed by atoms with van der Waals surface area (Å²) in [4.78, 5) is 4.86. The number of benzene rings is 1. The first-order valence-corrected chi connectivity index (χ1v) is 9.54. The van der Waals surface area contributed by atoms with Crippen LogP contribution in [0.5, 0.6) is 0 Å². The minimum Gasteiger partial charge on any atom is -0.483 e. The minimum absolute atomic E-state index is 0.127. The highest BCUT2D eigenvalue weighted by Gasteiger charge is 2.31. The monoisotopic (exact) mass is 337 g/mol. The number of aryl methyl sites for hydroxylation is 2. The molecule has 2 aromatic rings. The summed E-state index contributed by atoms with van der Waals surface area (Å²) in [6, 6.07) is 4.32. The fraction of sp³-hybridized carbons (Fsp3) is 0.381. The topological polar surface area (TPSA) is 22.1 Å². The van der Waals surface area contributed by atoms with Gasteiger partial charge in [-0.3, -0.25) is 0 Å². The smallest absolute Gasteiger partial charge is 0.159 e. The van der Waals surface area contributed by atoms with E-state index in [0.29, 0.717) is 11.8 Å². The van der Waals surface area contributed by atoms with Crippen molar-refractivity contribution in [3.63, 3.8) is 0 Å². The molecule has 24 heavy (non-hydrogen) atoms. The molecule has 1 aliphatic carbocycles. The average molecular weight is 337 g/mol. The van der Waals surface area contributed by atoms with Gasteiger partial charge in [0.15, 0.2) is 10.8 Å². The number of hydrogen-bond donors (Lipinski definition) is 0. The largest absolute Gasteiger partial charge is 0.483 e. The Labute approximate surface area is 147 Å². The summed E-state index contributed by atoms with van der Waals surface area (Å²) in [6.07, 6.45) is 10.4. The van der Waals surface area contributed by atoms with Crippen LogP contribution in [0.3, 0.4) is 0 Å². The SMILES string of the molecule is CCC(C)C1=CC2C=C(c3nc4c(C)ccc(C)c4s3)OC2C=C1. The van der Waals surface area contributed by atoms with Crippen LogP contribution in [0.1, 0.15) is 36.4 Å². The quantitative estimate of drug-likeness (QED) is 0.705. The number of thiazole rings is 1. The lowest BCUT2D eigenvalue weighted by atomic mass is 9.87. The van der Waals surface area contributed by atoms with Crippen LogP contribution in [0.2, 0.25) is 0 Å². The van der Waals surface area contributed by atoms with E-state index in [2.05, 4.69) is 64.1 Å². The molecule has 0 radical (unpaired) electrons. The highest BCUT2D eigenvalue weighted by Crippen LogP contribution is 2.39. The summed E-state index contributed by atoms with van der Waals surface area (Å²) in [7, 11) is 0. The number of nitrogens with zero attached hydrogens (tertiary/aromatic N) is 1. The molecule has 1 aliphatic heterocycles. The van der Waals surface area contributed by atoms with Gasteiger partial charge in [0.2, 0.25) is 0 Å². The number of fused-ring (bicyclic) bond motifs is 2. The molecular formula is C21H23NOS. The lowest BCUT2D eigenvalue weighted by Gasteiger charge is -2.21. The van der Waals surface area contributed by atoms with E-state index < -0.39 is 0 Å². The van der Waals surface area contributed by atoms with E-state index in [0.717, 1.165) is 16.3 Å². The Balaban J connectivity index is 1.70. The Morgan fingerprint density at radius 2 is 2.00 bits per heavy atom. The summed E-state index contributed by atoms with van der Waals surface area (Å²) in [5, 5.41) is 1.00. The fourth-order valence-corrected chi connectivity index (χ4v) is 4.46. The molecule has 4 rings (SSSR count). The van der Waals surface area contributed by atoms with E-state index in [1.165, 1.54) is 27.8 Å². The van der Waals surface area contributed by atoms with Crippen molar-refractivity contribution >= 4 is 27.3 Å². The lowest BCUT2D eigenvalue weighted by Crippen LogP contribution is -2.16. The van der Waals surface area contributed by atoms with E-state index in [1.54, 1.807) is 11.3 Å². The lowest BCUT2D eigenvalue weighted by molar-refractivity contribution is 0.211. The first-order chi connectivity index (χ1) is 11.6. The summed E-state index contributed by atoms with van der Waals surface area (Å²) >= 11 is 1.74. The van der Waals surface area contributed by atoms with Crippen LogP contribution in [-0.2, 0) is 4.74 Å². The van der Waals surface area contributed by atoms with Gasteiger partial charge in [0.05, 0.1) is 10.2 Å². The fourth-order valence-electron chi connectivity index (χ4n) is 3.38. The van der Waals surface area contributed by atoms with Gasteiger partial charge in [0, 0.05) is 5.92 Å². The molecule has 0 spiro atoms. The van der Waals surface area contributed by atoms with E-state index >= 15 is 0 Å². The molecule has 0 fully saturated rings. The molecule has 0 saturated heterocycles. The van der Waals surface area contributed by atoms with Crippen LogP contribution in [0, 0.1) is 25.7 Å². The number of allylic oxidation sites excluding steroid dienone is 2. The molecule has 2 aliphatic rings. The van der Waals surface area contributed by atoms with Crippen LogP contribution in [-0.4, -0.2) is 11.1 Å². The molecule has 0 N–H and O–H groups in total. The molecule has 3 atom stereocenters. The molecule has 3 heteroatoms. The third kappa shape index (κ3) is 2.51. The maximum absolute atomic E-state index is 6.20. The van der Waals surface area contributed by atoms with Crippen molar-refractivity contribution in [1.82, 2.24) is 4.98 Å². The minimum atomic E-state index is 0.127. The van der Waals surface area contributed by atoms with Gasteiger partial charge in [-0.1, -0.05) is 38.1 Å². The van der Waals surface area contributed by atoms with Gasteiger partial charge in [0.25, 0.3) is 0 Å². The molecule has 3 unspecified atom stereocenters. The van der Waals surface area contributed by atoms with Crippen molar-refractivity contribution in [3.8, 4) is 0 Å². The number of rotatable bonds is 3. The average Bonchev–Trinajstić information content (AvgIpc) is 3.21. The zero-order valence-electron chi connectivity index (χ0n) is 14.7. The van der Waals surface area contributed by atoms with E-state index in [-0.39, 0.29) is 6.10 Å². The second kappa shape index (κ2) is 5.89. The maximum Gasteiger partial charge on any atom is 0.159 e. The Kier molecular flexibility index (Phi) is 3.84. The summed E-state index contributed by atoms with van der Waals surface area (Å²) < 4.78 is 7.47. The van der Waals surface area contributed by atoms with Crippen LogP contribution in [0.4, 0.5) is 0 Å². The molecular weight excluding hydrogens is 314 g/mol. The highest BCUT2D eigenvalue weighted by molar-refractivity contribution is 7.19. The standard InChI is InChI=1S/C21H23NOS/c1-5-12(2)15-8-9-17-16(10-15)11-18(23-17)21-22-19-13(3)6-7-14(4)20(19)24-21/h6-12,16-17H,5H2,1-4H3. The number of aromatic nitrogens is 1. The third-order valence-electron chi connectivity index (χ3n) is 5.18. The number of ether oxygens (including phenoxy) is 1. The first kappa shape index (κ1) is 15.6. The van der Waals surface area contributed by atoms with Crippen molar-refractivity contribution < 1.29 is 4.74 Å². The van der Waals surface area contributed by atoms with Crippen molar-refractivity contribution in [1.29, 1.82) is 0 Å². The molecule has 2 heterocycles. The first-order valence-electron chi connectivity index (χ1n) is 8.72. The summed E-state index contributed by atoms with van der Waals surface area (Å²) in [5.74, 6) is 1.88. The Morgan fingerprint density at radius 1 is 1.21 bits per heavy atom. The second-order valence-corrected chi connectivity index (χ2v) is 7.92.